The predicted octanol–water partition coefficient (Wildman–Crippen LogP) is 6.19. The van der Waals surface area contributed by atoms with Crippen molar-refractivity contribution in [3.63, 3.8) is 0 Å². The van der Waals surface area contributed by atoms with E-state index in [2.05, 4.69) is 51.1 Å². The summed E-state index contributed by atoms with van der Waals surface area (Å²) in [6.45, 7) is 2.84. The lowest BCUT2D eigenvalue weighted by Gasteiger charge is -2.12. The maximum absolute atomic E-state index is 6.45. The number of nitrogens with one attached hydrogen (secondary N) is 2. The Labute approximate surface area is 228 Å². The molecule has 3 aromatic heterocycles. The van der Waals surface area contributed by atoms with Crippen molar-refractivity contribution in [2.24, 2.45) is 5.92 Å². The molecule has 4 aromatic rings. The predicted molar refractivity (Wildman–Crippen MR) is 151 cm³/mol. The number of nitrogens with zero attached hydrogens (tertiary/aromatic N) is 2. The molecule has 39 heavy (non-hydrogen) atoms. The molecular formula is C31H34N4O4. The van der Waals surface area contributed by atoms with E-state index >= 15 is 0 Å². The largest absolute Gasteiger partial charge is 0.469 e. The Morgan fingerprint density at radius 2 is 2.00 bits per heavy atom. The molecule has 202 valence electrons. The van der Waals surface area contributed by atoms with Crippen LogP contribution in [0.3, 0.4) is 0 Å². The molecule has 8 nitrogen and oxygen atoms in total. The van der Waals surface area contributed by atoms with Crippen molar-refractivity contribution in [3.05, 3.63) is 84.8 Å². The third kappa shape index (κ3) is 6.14. The van der Waals surface area contributed by atoms with Crippen LogP contribution >= 0.6 is 0 Å². The topological polar surface area (TPSA) is 94.6 Å². The van der Waals surface area contributed by atoms with Crippen molar-refractivity contribution in [3.8, 4) is 11.1 Å². The Kier molecular flexibility index (Phi) is 8.14. The normalized spacial score (nSPS) is 19.3. The van der Waals surface area contributed by atoms with Gasteiger partial charge in [-0.3, -0.25) is 0 Å². The number of ether oxygens (including phenoxy) is 1. The highest BCUT2D eigenvalue weighted by Crippen LogP contribution is 2.41. The second-order valence-corrected chi connectivity index (χ2v) is 9.98. The van der Waals surface area contributed by atoms with Crippen molar-refractivity contribution >= 4 is 22.5 Å². The lowest BCUT2D eigenvalue weighted by atomic mass is 9.98. The summed E-state index contributed by atoms with van der Waals surface area (Å²) < 4.78 is 17.6. The first-order valence-electron chi connectivity index (χ1n) is 13.8. The summed E-state index contributed by atoms with van der Waals surface area (Å²) >= 11 is 0. The zero-order valence-corrected chi connectivity index (χ0v) is 22.0. The van der Waals surface area contributed by atoms with Crippen LogP contribution in [-0.2, 0) is 16.0 Å². The van der Waals surface area contributed by atoms with Crippen LogP contribution in [0.5, 0.6) is 0 Å². The number of rotatable bonds is 11. The van der Waals surface area contributed by atoms with Gasteiger partial charge in [-0.1, -0.05) is 48.6 Å². The zero-order chi connectivity index (χ0) is 26.3. The van der Waals surface area contributed by atoms with E-state index in [1.54, 1.807) is 12.6 Å². The smallest absolute Gasteiger partial charge is 0.232 e. The average Bonchev–Trinajstić information content (AvgIpc) is 3.72. The average molecular weight is 527 g/mol. The number of hydroxylamine groups is 1. The van der Waals surface area contributed by atoms with Crippen molar-refractivity contribution in [2.45, 2.75) is 38.2 Å². The molecule has 1 saturated heterocycles. The monoisotopic (exact) mass is 526 g/mol. The van der Waals surface area contributed by atoms with Crippen LogP contribution in [0, 0.1) is 5.92 Å². The van der Waals surface area contributed by atoms with Gasteiger partial charge in [0.1, 0.15) is 23.7 Å². The number of benzene rings is 1. The molecule has 4 heterocycles. The molecule has 0 spiro atoms. The van der Waals surface area contributed by atoms with E-state index in [9.17, 15) is 0 Å². The fraction of sp³-hybridized carbons (Fsp3) is 0.355. The van der Waals surface area contributed by atoms with Gasteiger partial charge in [0.15, 0.2) is 0 Å². The Morgan fingerprint density at radius 1 is 1.05 bits per heavy atom. The molecule has 2 atom stereocenters. The van der Waals surface area contributed by atoms with E-state index in [0.29, 0.717) is 31.3 Å². The maximum Gasteiger partial charge on any atom is 0.232 e. The van der Waals surface area contributed by atoms with Crippen LogP contribution in [0.15, 0.2) is 82.1 Å². The number of aromatic nitrogens is 2. The van der Waals surface area contributed by atoms with Crippen molar-refractivity contribution in [1.29, 1.82) is 0 Å². The lowest BCUT2D eigenvalue weighted by Crippen LogP contribution is -2.21. The second kappa shape index (κ2) is 12.4. The van der Waals surface area contributed by atoms with E-state index in [4.69, 9.17) is 18.4 Å². The molecule has 0 saturated carbocycles. The molecule has 8 heteroatoms. The van der Waals surface area contributed by atoms with Crippen molar-refractivity contribution in [1.82, 2.24) is 15.4 Å². The summed E-state index contributed by atoms with van der Waals surface area (Å²) in [4.78, 5) is 14.9. The van der Waals surface area contributed by atoms with Crippen LogP contribution in [0.4, 0.5) is 5.82 Å². The van der Waals surface area contributed by atoms with Crippen LogP contribution < -0.4 is 10.8 Å². The van der Waals surface area contributed by atoms with Crippen LogP contribution in [0.2, 0.25) is 0 Å². The second-order valence-electron chi connectivity index (χ2n) is 9.98. The SMILES string of the molecule is C1=CC(CONCCc2ccco2)CCC=C1c1oc2ncnc(NCC3CCCO3)c2c1-c1ccccc1. The van der Waals surface area contributed by atoms with Gasteiger partial charge in [0.25, 0.3) is 0 Å². The summed E-state index contributed by atoms with van der Waals surface area (Å²) in [6, 6.07) is 14.2. The molecule has 2 unspecified atom stereocenters. The molecule has 1 aromatic carbocycles. The van der Waals surface area contributed by atoms with Gasteiger partial charge in [-0.15, -0.1) is 0 Å². The highest BCUT2D eigenvalue weighted by atomic mass is 16.6. The van der Waals surface area contributed by atoms with E-state index in [-0.39, 0.29) is 6.10 Å². The third-order valence-corrected chi connectivity index (χ3v) is 7.24. The van der Waals surface area contributed by atoms with Crippen LogP contribution in [-0.4, -0.2) is 42.4 Å². The minimum atomic E-state index is 0.202. The highest BCUT2D eigenvalue weighted by Gasteiger charge is 2.24. The lowest BCUT2D eigenvalue weighted by molar-refractivity contribution is 0.0247. The fourth-order valence-electron chi connectivity index (χ4n) is 5.20. The Hall–Kier alpha value is -3.72. The van der Waals surface area contributed by atoms with Crippen LogP contribution in [0.25, 0.3) is 27.8 Å². The number of allylic oxidation sites excluding steroid dienone is 3. The van der Waals surface area contributed by atoms with E-state index < -0.39 is 0 Å². The van der Waals surface area contributed by atoms with Gasteiger partial charge in [0.2, 0.25) is 5.71 Å². The van der Waals surface area contributed by atoms with E-state index in [1.807, 2.05) is 30.3 Å². The number of anilines is 1. The first-order valence-corrected chi connectivity index (χ1v) is 13.8. The maximum atomic E-state index is 6.45. The molecular weight excluding hydrogens is 492 g/mol. The summed E-state index contributed by atoms with van der Waals surface area (Å²) in [5, 5.41) is 4.41. The standard InChI is InChI=1S/C31H34N4O4/c1-2-8-23(9-3-1)27-28-30(32-19-26-12-6-18-37-26)33-21-34-31(28)39-29(27)24-10-4-7-22(13-14-24)20-38-35-16-15-25-11-5-17-36-25/h1-3,5,8-11,13-14,17,21-22,26,35H,4,6-7,12,15-16,18-20H2,(H,32,33,34). The van der Waals surface area contributed by atoms with Gasteiger partial charge in [-0.2, -0.15) is 0 Å². The Balaban J connectivity index is 1.21. The Morgan fingerprint density at radius 3 is 2.85 bits per heavy atom. The first-order chi connectivity index (χ1) is 19.3. The summed E-state index contributed by atoms with van der Waals surface area (Å²) in [6.07, 6.45) is 14.9. The third-order valence-electron chi connectivity index (χ3n) is 7.24. The van der Waals surface area contributed by atoms with Crippen molar-refractivity contribution in [2.75, 3.05) is 31.6 Å². The zero-order valence-electron chi connectivity index (χ0n) is 22.0. The molecule has 1 aliphatic carbocycles. The minimum Gasteiger partial charge on any atom is -0.469 e. The fourth-order valence-corrected chi connectivity index (χ4v) is 5.20. The molecule has 0 amide bonds. The Bertz CT molecular complexity index is 1410. The molecule has 1 fully saturated rings. The minimum absolute atomic E-state index is 0.202. The number of hydrogen-bond donors (Lipinski definition) is 2. The quantitative estimate of drug-likeness (QED) is 0.177. The van der Waals surface area contributed by atoms with Gasteiger partial charge >= 0.3 is 0 Å². The summed E-state index contributed by atoms with van der Waals surface area (Å²) in [5.74, 6) is 2.83. The van der Waals surface area contributed by atoms with Gasteiger partial charge in [-0.05, 0) is 43.4 Å². The van der Waals surface area contributed by atoms with Gasteiger partial charge in [0.05, 0.1) is 24.4 Å². The summed E-state index contributed by atoms with van der Waals surface area (Å²) in [7, 11) is 0. The molecule has 2 aliphatic rings. The van der Waals surface area contributed by atoms with E-state index in [0.717, 1.165) is 78.1 Å². The van der Waals surface area contributed by atoms with Gasteiger partial charge < -0.3 is 23.7 Å². The number of hydrogen-bond acceptors (Lipinski definition) is 8. The van der Waals surface area contributed by atoms with Crippen LogP contribution in [0.1, 0.15) is 37.2 Å². The molecule has 0 radical (unpaired) electrons. The highest BCUT2D eigenvalue weighted by molar-refractivity contribution is 6.05. The van der Waals surface area contributed by atoms with Gasteiger partial charge in [-0.25, -0.2) is 15.4 Å². The summed E-state index contributed by atoms with van der Waals surface area (Å²) in [5.41, 5.74) is 6.76. The van der Waals surface area contributed by atoms with E-state index in [1.165, 1.54) is 0 Å². The van der Waals surface area contributed by atoms with Gasteiger partial charge in [0, 0.05) is 43.2 Å². The number of fused-ring (bicyclic) bond motifs is 1. The van der Waals surface area contributed by atoms with Crippen molar-refractivity contribution < 1.29 is 18.4 Å². The molecule has 0 bridgehead atoms. The first kappa shape index (κ1) is 25.6. The molecule has 1 aliphatic heterocycles. The molecule has 6 rings (SSSR count). The number of furan rings is 2. The molecule has 2 N–H and O–H groups in total.